The number of ether oxygens (including phenoxy) is 1. The fourth-order valence-electron chi connectivity index (χ4n) is 2.12. The molecule has 0 radical (unpaired) electrons. The molecule has 0 saturated carbocycles. The Hall–Kier alpha value is -0.440. The number of hydrogen-bond donors (Lipinski definition) is 1. The summed E-state index contributed by atoms with van der Waals surface area (Å²) in [6.07, 6.45) is 2.80. The maximum atomic E-state index is 6.44. The number of halogens is 2. The Morgan fingerprint density at radius 1 is 1.24 bits per heavy atom. The van der Waals surface area contributed by atoms with Gasteiger partial charge in [0.05, 0.1) is 11.6 Å². The summed E-state index contributed by atoms with van der Waals surface area (Å²) in [5, 5.41) is 0.698. The number of rotatable bonds is 6. The van der Waals surface area contributed by atoms with Crippen molar-refractivity contribution in [2.75, 3.05) is 6.61 Å². The molecule has 21 heavy (non-hydrogen) atoms. The molecule has 0 aromatic heterocycles. The first-order chi connectivity index (χ1) is 9.29. The smallest absolute Gasteiger partial charge is 0.141 e. The van der Waals surface area contributed by atoms with Crippen LogP contribution in [-0.4, -0.2) is 12.6 Å². The Morgan fingerprint density at radius 3 is 2.33 bits per heavy atom. The van der Waals surface area contributed by atoms with Crippen LogP contribution in [0.15, 0.2) is 12.1 Å². The highest BCUT2D eigenvalue weighted by Gasteiger charge is 2.22. The standard InChI is InChI=1S/C17H28ClNO.ClH/c1-6-8-20-16-14(17(3,4)5)10-12(11-15(16)18)9-13(19)7-2;/h10-11,13H,6-9,19H2,1-5H3;1H. The summed E-state index contributed by atoms with van der Waals surface area (Å²) in [5.74, 6) is 0.829. The topological polar surface area (TPSA) is 35.2 Å². The van der Waals surface area contributed by atoms with Crippen molar-refractivity contribution in [3.05, 3.63) is 28.3 Å². The third-order valence-corrected chi connectivity index (χ3v) is 3.66. The zero-order chi connectivity index (χ0) is 15.3. The SMILES string of the molecule is CCCOc1c(Cl)cc(CC(N)CC)cc1C(C)(C)C.Cl. The molecule has 0 fully saturated rings. The Kier molecular flexibility index (Phi) is 8.69. The molecule has 0 amide bonds. The second-order valence-electron chi connectivity index (χ2n) is 6.43. The van der Waals surface area contributed by atoms with Gasteiger partial charge in [-0.05, 0) is 36.3 Å². The van der Waals surface area contributed by atoms with Crippen molar-refractivity contribution in [2.45, 2.75) is 65.3 Å². The van der Waals surface area contributed by atoms with Gasteiger partial charge in [-0.3, -0.25) is 0 Å². The molecule has 1 aromatic carbocycles. The van der Waals surface area contributed by atoms with Crippen LogP contribution in [0.3, 0.4) is 0 Å². The lowest BCUT2D eigenvalue weighted by atomic mass is 9.84. The van der Waals surface area contributed by atoms with Crippen LogP contribution >= 0.6 is 24.0 Å². The molecule has 2 N–H and O–H groups in total. The van der Waals surface area contributed by atoms with Crippen molar-refractivity contribution < 1.29 is 4.74 Å². The molecule has 0 spiro atoms. The van der Waals surface area contributed by atoms with Gasteiger partial charge in [0.25, 0.3) is 0 Å². The average Bonchev–Trinajstić information content (AvgIpc) is 2.35. The Morgan fingerprint density at radius 2 is 1.86 bits per heavy atom. The highest BCUT2D eigenvalue weighted by molar-refractivity contribution is 6.32. The van der Waals surface area contributed by atoms with Crippen LogP contribution in [0, 0.1) is 0 Å². The number of nitrogens with two attached hydrogens (primary N) is 1. The first-order valence-electron chi connectivity index (χ1n) is 7.50. The molecule has 4 heteroatoms. The lowest BCUT2D eigenvalue weighted by Crippen LogP contribution is -2.22. The fraction of sp³-hybridized carbons (Fsp3) is 0.647. The van der Waals surface area contributed by atoms with Gasteiger partial charge in [-0.1, -0.05) is 52.3 Å². The van der Waals surface area contributed by atoms with E-state index in [0.29, 0.717) is 11.6 Å². The fourth-order valence-corrected chi connectivity index (χ4v) is 2.42. The summed E-state index contributed by atoms with van der Waals surface area (Å²) in [6, 6.07) is 4.38. The van der Waals surface area contributed by atoms with Crippen molar-refractivity contribution in [1.29, 1.82) is 0 Å². The van der Waals surface area contributed by atoms with Crippen LogP contribution in [0.4, 0.5) is 0 Å². The van der Waals surface area contributed by atoms with Crippen LogP contribution in [-0.2, 0) is 11.8 Å². The number of hydrogen-bond acceptors (Lipinski definition) is 2. The van der Waals surface area contributed by atoms with Gasteiger partial charge in [0.2, 0.25) is 0 Å². The molecule has 0 saturated heterocycles. The van der Waals surface area contributed by atoms with Crippen molar-refractivity contribution >= 4 is 24.0 Å². The molecule has 0 aliphatic heterocycles. The van der Waals surface area contributed by atoms with Gasteiger partial charge in [0, 0.05) is 11.6 Å². The van der Waals surface area contributed by atoms with Crippen LogP contribution in [0.2, 0.25) is 5.02 Å². The summed E-state index contributed by atoms with van der Waals surface area (Å²) in [5.41, 5.74) is 8.41. The molecule has 1 rings (SSSR count). The predicted octanol–water partition coefficient (Wildman–Crippen LogP) is 5.13. The zero-order valence-corrected chi connectivity index (χ0v) is 15.4. The monoisotopic (exact) mass is 333 g/mol. The van der Waals surface area contributed by atoms with Crippen molar-refractivity contribution in [2.24, 2.45) is 5.73 Å². The lowest BCUT2D eigenvalue weighted by Gasteiger charge is -2.25. The van der Waals surface area contributed by atoms with Gasteiger partial charge in [0.15, 0.2) is 0 Å². The third-order valence-electron chi connectivity index (χ3n) is 3.38. The largest absolute Gasteiger partial charge is 0.492 e. The van der Waals surface area contributed by atoms with Gasteiger partial charge < -0.3 is 10.5 Å². The number of benzene rings is 1. The summed E-state index contributed by atoms with van der Waals surface area (Å²) < 4.78 is 5.87. The van der Waals surface area contributed by atoms with E-state index in [2.05, 4.69) is 40.7 Å². The van der Waals surface area contributed by atoms with Crippen LogP contribution < -0.4 is 10.5 Å². The van der Waals surface area contributed by atoms with Gasteiger partial charge in [-0.15, -0.1) is 12.4 Å². The maximum Gasteiger partial charge on any atom is 0.141 e. The van der Waals surface area contributed by atoms with Crippen LogP contribution in [0.1, 0.15) is 58.6 Å². The third kappa shape index (κ3) is 6.06. The Balaban J connectivity index is 0.00000400. The van der Waals surface area contributed by atoms with E-state index < -0.39 is 0 Å². The first-order valence-corrected chi connectivity index (χ1v) is 7.88. The van der Waals surface area contributed by atoms with Crippen molar-refractivity contribution in [3.8, 4) is 5.75 Å². The normalized spacial score (nSPS) is 12.7. The van der Waals surface area contributed by atoms with Crippen LogP contribution in [0.25, 0.3) is 0 Å². The van der Waals surface area contributed by atoms with Crippen LogP contribution in [0.5, 0.6) is 5.75 Å². The van der Waals surface area contributed by atoms with E-state index in [1.54, 1.807) is 0 Å². The maximum absolute atomic E-state index is 6.44. The lowest BCUT2D eigenvalue weighted by molar-refractivity contribution is 0.308. The molecule has 0 aliphatic carbocycles. The zero-order valence-electron chi connectivity index (χ0n) is 13.8. The summed E-state index contributed by atoms with van der Waals surface area (Å²) in [4.78, 5) is 0. The first kappa shape index (κ1) is 20.6. The minimum atomic E-state index is -0.000958. The van der Waals surface area contributed by atoms with Gasteiger partial charge in [-0.2, -0.15) is 0 Å². The second kappa shape index (κ2) is 8.87. The quantitative estimate of drug-likeness (QED) is 0.783. The summed E-state index contributed by atoms with van der Waals surface area (Å²) >= 11 is 6.44. The van der Waals surface area contributed by atoms with E-state index in [1.807, 2.05) is 6.07 Å². The molecule has 1 unspecified atom stereocenters. The molecule has 2 nitrogen and oxygen atoms in total. The molecule has 0 bridgehead atoms. The minimum Gasteiger partial charge on any atom is -0.492 e. The van der Waals surface area contributed by atoms with E-state index >= 15 is 0 Å². The molecule has 0 heterocycles. The van der Waals surface area contributed by atoms with Crippen molar-refractivity contribution in [1.82, 2.24) is 0 Å². The second-order valence-corrected chi connectivity index (χ2v) is 6.83. The molecule has 122 valence electrons. The van der Waals surface area contributed by atoms with E-state index in [4.69, 9.17) is 22.1 Å². The molecule has 1 atom stereocenters. The highest BCUT2D eigenvalue weighted by atomic mass is 35.5. The van der Waals surface area contributed by atoms with E-state index in [9.17, 15) is 0 Å². The average molecular weight is 334 g/mol. The van der Waals surface area contributed by atoms with Gasteiger partial charge in [0.1, 0.15) is 5.75 Å². The van der Waals surface area contributed by atoms with Crippen molar-refractivity contribution in [3.63, 3.8) is 0 Å². The van der Waals surface area contributed by atoms with E-state index in [-0.39, 0.29) is 23.9 Å². The Bertz CT molecular complexity index is 441. The van der Waals surface area contributed by atoms with E-state index in [0.717, 1.165) is 30.6 Å². The van der Waals surface area contributed by atoms with E-state index in [1.165, 1.54) is 5.56 Å². The predicted molar refractivity (Wildman–Crippen MR) is 95.2 cm³/mol. The van der Waals surface area contributed by atoms with Gasteiger partial charge >= 0.3 is 0 Å². The molecular weight excluding hydrogens is 305 g/mol. The molecule has 1 aromatic rings. The molecular formula is C17H29Cl2NO. The summed E-state index contributed by atoms with van der Waals surface area (Å²) in [6.45, 7) is 11.4. The summed E-state index contributed by atoms with van der Waals surface area (Å²) in [7, 11) is 0. The highest BCUT2D eigenvalue weighted by Crippen LogP contribution is 2.38. The molecule has 0 aliphatic rings. The Labute approximate surface area is 140 Å². The minimum absolute atomic E-state index is 0. The van der Waals surface area contributed by atoms with Gasteiger partial charge in [-0.25, -0.2) is 0 Å².